The smallest absolute Gasteiger partial charge is 0.373 e. The summed E-state index contributed by atoms with van der Waals surface area (Å²) in [5, 5.41) is 12.2. The molecule has 0 amide bonds. The summed E-state index contributed by atoms with van der Waals surface area (Å²) in [5.41, 5.74) is 1.17. The Labute approximate surface area is 106 Å². The molecule has 1 heterocycles. The molecule has 2 aromatic carbocycles. The molecular formula is C16H14NO+. The Morgan fingerprint density at radius 3 is 2.39 bits per heavy atom. The predicted molar refractivity (Wildman–Crippen MR) is 71.4 cm³/mol. The maximum Gasteiger partial charge on any atom is 0.373 e. The van der Waals surface area contributed by atoms with E-state index in [2.05, 4.69) is 12.1 Å². The fourth-order valence-electron chi connectivity index (χ4n) is 2.15. The third-order valence-electron chi connectivity index (χ3n) is 3.10. The van der Waals surface area contributed by atoms with Gasteiger partial charge in [-0.25, -0.2) is 0 Å². The lowest BCUT2D eigenvalue weighted by molar-refractivity contribution is -0.692. The lowest BCUT2D eigenvalue weighted by Crippen LogP contribution is -2.33. The third-order valence-corrected chi connectivity index (χ3v) is 3.10. The first-order valence-electron chi connectivity index (χ1n) is 5.99. The maximum atomic E-state index is 10.3. The highest BCUT2D eigenvalue weighted by molar-refractivity contribution is 5.85. The largest absolute Gasteiger partial charge is 0.459 e. The predicted octanol–water partition coefficient (Wildman–Crippen LogP) is 2.88. The lowest BCUT2D eigenvalue weighted by Gasteiger charge is -2.02. The molecule has 0 aliphatic heterocycles. The van der Waals surface area contributed by atoms with Crippen molar-refractivity contribution in [2.45, 2.75) is 6.54 Å². The van der Waals surface area contributed by atoms with E-state index in [1.807, 2.05) is 59.3 Å². The van der Waals surface area contributed by atoms with E-state index in [1.165, 1.54) is 5.56 Å². The molecule has 0 saturated carbocycles. The molecular weight excluding hydrogens is 222 g/mol. The van der Waals surface area contributed by atoms with Crippen LogP contribution in [0.1, 0.15) is 5.56 Å². The van der Waals surface area contributed by atoms with Crippen molar-refractivity contribution < 1.29 is 9.67 Å². The SMILES string of the molecule is Oc1c2ccccc2cc[n+]1Cc1ccccc1. The molecule has 0 atom stereocenters. The maximum absolute atomic E-state index is 10.3. The normalized spacial score (nSPS) is 10.7. The molecule has 0 unspecified atom stereocenters. The van der Waals surface area contributed by atoms with Gasteiger partial charge in [0.25, 0.3) is 0 Å². The molecule has 0 saturated heterocycles. The van der Waals surface area contributed by atoms with Gasteiger partial charge in [0, 0.05) is 11.6 Å². The summed E-state index contributed by atoms with van der Waals surface area (Å²) in [6.45, 7) is 0.678. The van der Waals surface area contributed by atoms with Gasteiger partial charge in [-0.3, -0.25) is 0 Å². The number of pyridine rings is 1. The van der Waals surface area contributed by atoms with Crippen molar-refractivity contribution in [2.75, 3.05) is 0 Å². The molecule has 0 radical (unpaired) electrons. The van der Waals surface area contributed by atoms with Crippen molar-refractivity contribution in [3.8, 4) is 5.88 Å². The minimum Gasteiger partial charge on any atom is -0.459 e. The number of benzene rings is 2. The molecule has 2 heteroatoms. The monoisotopic (exact) mass is 236 g/mol. The second kappa shape index (κ2) is 4.49. The lowest BCUT2D eigenvalue weighted by atomic mass is 10.1. The van der Waals surface area contributed by atoms with Gasteiger partial charge in [0.05, 0.1) is 5.39 Å². The van der Waals surface area contributed by atoms with Crippen LogP contribution >= 0.6 is 0 Å². The quantitative estimate of drug-likeness (QED) is 0.680. The van der Waals surface area contributed by atoms with Gasteiger partial charge in [0.2, 0.25) is 0 Å². The molecule has 1 N–H and O–H groups in total. The highest BCUT2D eigenvalue weighted by atomic mass is 16.3. The van der Waals surface area contributed by atoms with Crippen LogP contribution in [0.3, 0.4) is 0 Å². The number of hydrogen-bond donors (Lipinski definition) is 1. The van der Waals surface area contributed by atoms with Crippen molar-refractivity contribution in [3.05, 3.63) is 72.4 Å². The number of hydrogen-bond acceptors (Lipinski definition) is 1. The first-order valence-corrected chi connectivity index (χ1v) is 5.99. The summed E-state index contributed by atoms with van der Waals surface area (Å²) in [6, 6.07) is 20.0. The van der Waals surface area contributed by atoms with Crippen molar-refractivity contribution in [1.82, 2.24) is 0 Å². The van der Waals surface area contributed by atoms with E-state index in [1.54, 1.807) is 0 Å². The molecule has 3 aromatic rings. The van der Waals surface area contributed by atoms with E-state index in [-0.39, 0.29) is 0 Å². The molecule has 88 valence electrons. The zero-order valence-corrected chi connectivity index (χ0v) is 9.95. The number of rotatable bonds is 2. The molecule has 18 heavy (non-hydrogen) atoms. The van der Waals surface area contributed by atoms with E-state index in [9.17, 15) is 5.11 Å². The van der Waals surface area contributed by atoms with Crippen LogP contribution in [0.2, 0.25) is 0 Å². The molecule has 0 aliphatic rings. The van der Waals surface area contributed by atoms with Crippen molar-refractivity contribution in [2.24, 2.45) is 0 Å². The Balaban J connectivity index is 2.05. The standard InChI is InChI=1S/C16H13NO/c18-16-15-9-5-4-8-14(15)10-11-17(16)12-13-6-2-1-3-7-13/h1-11H,12H2/p+1. The summed E-state index contributed by atoms with van der Waals surface area (Å²) in [6.07, 6.45) is 1.92. The first kappa shape index (κ1) is 10.8. The Bertz CT molecular complexity index is 677. The van der Waals surface area contributed by atoms with E-state index >= 15 is 0 Å². The summed E-state index contributed by atoms with van der Waals surface area (Å²) in [7, 11) is 0. The fourth-order valence-corrected chi connectivity index (χ4v) is 2.15. The van der Waals surface area contributed by atoms with Crippen molar-refractivity contribution >= 4 is 10.8 Å². The van der Waals surface area contributed by atoms with Gasteiger partial charge >= 0.3 is 5.88 Å². The average molecular weight is 236 g/mol. The Kier molecular flexibility index (Phi) is 2.69. The number of aromatic hydroxyl groups is 1. The van der Waals surface area contributed by atoms with Gasteiger partial charge in [-0.2, -0.15) is 4.57 Å². The van der Waals surface area contributed by atoms with Crippen LogP contribution in [-0.4, -0.2) is 5.11 Å². The number of nitrogens with zero attached hydrogens (tertiary/aromatic N) is 1. The highest BCUT2D eigenvalue weighted by Crippen LogP contribution is 2.20. The van der Waals surface area contributed by atoms with Crippen LogP contribution in [0.15, 0.2) is 66.9 Å². The first-order chi connectivity index (χ1) is 8.84. The molecule has 0 aliphatic carbocycles. The number of fused-ring (bicyclic) bond motifs is 1. The Morgan fingerprint density at radius 2 is 1.56 bits per heavy atom. The van der Waals surface area contributed by atoms with Gasteiger partial charge < -0.3 is 5.11 Å². The topological polar surface area (TPSA) is 24.1 Å². The van der Waals surface area contributed by atoms with Crippen LogP contribution in [-0.2, 0) is 6.54 Å². The molecule has 0 fully saturated rings. The minimum absolute atomic E-state index is 0.317. The molecule has 0 bridgehead atoms. The average Bonchev–Trinajstić information content (AvgIpc) is 2.43. The van der Waals surface area contributed by atoms with E-state index < -0.39 is 0 Å². The third kappa shape index (κ3) is 1.93. The van der Waals surface area contributed by atoms with Crippen LogP contribution in [0.5, 0.6) is 5.88 Å². The van der Waals surface area contributed by atoms with E-state index in [0.717, 1.165) is 10.8 Å². The Hall–Kier alpha value is -2.35. The van der Waals surface area contributed by atoms with Crippen molar-refractivity contribution in [3.63, 3.8) is 0 Å². The van der Waals surface area contributed by atoms with Gasteiger partial charge in [-0.1, -0.05) is 48.5 Å². The molecule has 3 rings (SSSR count). The zero-order chi connectivity index (χ0) is 12.4. The summed E-state index contributed by atoms with van der Waals surface area (Å²) >= 11 is 0. The van der Waals surface area contributed by atoms with Gasteiger partial charge in [0.1, 0.15) is 0 Å². The van der Waals surface area contributed by atoms with Crippen LogP contribution in [0.4, 0.5) is 0 Å². The highest BCUT2D eigenvalue weighted by Gasteiger charge is 2.13. The molecule has 2 nitrogen and oxygen atoms in total. The minimum atomic E-state index is 0.317. The second-order valence-corrected chi connectivity index (χ2v) is 4.34. The summed E-state index contributed by atoms with van der Waals surface area (Å²) in [4.78, 5) is 0. The number of aromatic nitrogens is 1. The van der Waals surface area contributed by atoms with E-state index in [0.29, 0.717) is 12.4 Å². The van der Waals surface area contributed by atoms with Gasteiger partial charge in [-0.05, 0) is 11.5 Å². The summed E-state index contributed by atoms with van der Waals surface area (Å²) in [5.74, 6) is 0.317. The van der Waals surface area contributed by atoms with Crippen LogP contribution in [0, 0.1) is 0 Å². The van der Waals surface area contributed by atoms with Crippen LogP contribution < -0.4 is 4.57 Å². The van der Waals surface area contributed by atoms with Crippen LogP contribution in [0.25, 0.3) is 10.8 Å². The summed E-state index contributed by atoms with van der Waals surface area (Å²) < 4.78 is 1.86. The molecule has 0 spiro atoms. The van der Waals surface area contributed by atoms with Gasteiger partial charge in [-0.15, -0.1) is 0 Å². The fraction of sp³-hybridized carbons (Fsp3) is 0.0625. The molecule has 1 aromatic heterocycles. The Morgan fingerprint density at radius 1 is 0.833 bits per heavy atom. The zero-order valence-electron chi connectivity index (χ0n) is 9.95. The van der Waals surface area contributed by atoms with Crippen molar-refractivity contribution in [1.29, 1.82) is 0 Å². The van der Waals surface area contributed by atoms with E-state index in [4.69, 9.17) is 0 Å². The second-order valence-electron chi connectivity index (χ2n) is 4.34. The van der Waals surface area contributed by atoms with Gasteiger partial charge in [0.15, 0.2) is 12.7 Å².